The lowest BCUT2D eigenvalue weighted by atomic mass is 10.3. The van der Waals surface area contributed by atoms with E-state index in [1.165, 1.54) is 6.07 Å². The van der Waals surface area contributed by atoms with Gasteiger partial charge in [-0.2, -0.15) is 0 Å². The minimum absolute atomic E-state index is 0.0977. The highest BCUT2D eigenvalue weighted by Gasteiger charge is 2.08. The van der Waals surface area contributed by atoms with Gasteiger partial charge in [-0.25, -0.2) is 0 Å². The lowest BCUT2D eigenvalue weighted by Crippen LogP contribution is -2.12. The molecule has 0 bridgehead atoms. The van der Waals surface area contributed by atoms with Crippen LogP contribution in [0, 0.1) is 13.7 Å². The third-order valence-electron chi connectivity index (χ3n) is 2.59. The van der Waals surface area contributed by atoms with E-state index in [-0.39, 0.29) is 5.69 Å². The molecule has 0 unspecified atom stereocenters. The van der Waals surface area contributed by atoms with Gasteiger partial charge in [0.1, 0.15) is 12.4 Å². The zero-order chi connectivity index (χ0) is 14.4. The molecule has 0 aliphatic carbocycles. The molecule has 0 aliphatic rings. The molecule has 0 heterocycles. The molecule has 0 fully saturated rings. The summed E-state index contributed by atoms with van der Waals surface area (Å²) in [4.78, 5) is 10.2. The van der Waals surface area contributed by atoms with E-state index in [1.54, 1.807) is 12.1 Å². The second kappa shape index (κ2) is 7.09. The largest absolute Gasteiger partial charge is 0.492 e. The van der Waals surface area contributed by atoms with Gasteiger partial charge in [-0.1, -0.05) is 18.2 Å². The van der Waals surface area contributed by atoms with E-state index in [0.717, 1.165) is 15.0 Å². The highest BCUT2D eigenvalue weighted by atomic mass is 127. The Hall–Kier alpha value is -1.83. The Morgan fingerprint density at radius 1 is 1.20 bits per heavy atom. The first-order valence-electron chi connectivity index (χ1n) is 6.02. The van der Waals surface area contributed by atoms with Gasteiger partial charge in [0.15, 0.2) is 0 Å². The fourth-order valence-electron chi connectivity index (χ4n) is 1.63. The van der Waals surface area contributed by atoms with E-state index < -0.39 is 4.92 Å². The summed E-state index contributed by atoms with van der Waals surface area (Å²) in [6, 6.07) is 14.3. The minimum Gasteiger partial charge on any atom is -0.492 e. The Kier molecular flexibility index (Phi) is 5.16. The number of halogens is 1. The summed E-state index contributed by atoms with van der Waals surface area (Å²) < 4.78 is 6.37. The number of hydrogen-bond acceptors (Lipinski definition) is 4. The maximum Gasteiger partial charge on any atom is 0.270 e. The van der Waals surface area contributed by atoms with Crippen LogP contribution in [0.15, 0.2) is 48.5 Å². The molecule has 0 aliphatic heterocycles. The van der Waals surface area contributed by atoms with Crippen LogP contribution in [0.1, 0.15) is 0 Å². The average Bonchev–Trinajstić information content (AvgIpc) is 2.46. The number of anilines is 1. The maximum atomic E-state index is 10.6. The van der Waals surface area contributed by atoms with Crippen molar-refractivity contribution in [1.29, 1.82) is 0 Å². The normalized spacial score (nSPS) is 10.1. The Bertz CT molecular complexity index is 590. The van der Waals surface area contributed by atoms with Gasteiger partial charge in [-0.3, -0.25) is 10.1 Å². The smallest absolute Gasteiger partial charge is 0.270 e. The van der Waals surface area contributed by atoms with Crippen LogP contribution in [0.4, 0.5) is 11.4 Å². The maximum absolute atomic E-state index is 10.6. The monoisotopic (exact) mass is 384 g/mol. The van der Waals surface area contributed by atoms with Crippen LogP contribution >= 0.6 is 22.6 Å². The number of para-hydroxylation sites is 1. The summed E-state index contributed by atoms with van der Waals surface area (Å²) in [5.74, 6) is 0.827. The number of benzene rings is 2. The lowest BCUT2D eigenvalue weighted by Gasteiger charge is -2.09. The van der Waals surface area contributed by atoms with Crippen LogP contribution in [-0.2, 0) is 0 Å². The second-order valence-corrected chi connectivity index (χ2v) is 5.17. The van der Waals surface area contributed by atoms with Crippen molar-refractivity contribution < 1.29 is 9.66 Å². The van der Waals surface area contributed by atoms with Crippen LogP contribution in [0.3, 0.4) is 0 Å². The van der Waals surface area contributed by atoms with Gasteiger partial charge < -0.3 is 10.1 Å². The van der Waals surface area contributed by atoms with Crippen molar-refractivity contribution in [3.8, 4) is 5.75 Å². The first-order valence-corrected chi connectivity index (χ1v) is 7.10. The minimum atomic E-state index is -0.398. The summed E-state index contributed by atoms with van der Waals surface area (Å²) in [7, 11) is 0. The summed E-state index contributed by atoms with van der Waals surface area (Å²) >= 11 is 2.07. The van der Waals surface area contributed by atoms with Gasteiger partial charge in [0.2, 0.25) is 0 Å². The Morgan fingerprint density at radius 3 is 2.60 bits per heavy atom. The predicted molar refractivity (Wildman–Crippen MR) is 86.2 cm³/mol. The highest BCUT2D eigenvalue weighted by Crippen LogP contribution is 2.23. The topological polar surface area (TPSA) is 64.4 Å². The highest BCUT2D eigenvalue weighted by molar-refractivity contribution is 14.1. The number of nitrogens with one attached hydrogen (secondary N) is 1. The molecule has 2 rings (SSSR count). The average molecular weight is 384 g/mol. The van der Waals surface area contributed by atoms with Gasteiger partial charge in [0.05, 0.1) is 4.92 Å². The fraction of sp³-hybridized carbons (Fsp3) is 0.143. The van der Waals surface area contributed by atoms with E-state index in [1.807, 2.05) is 30.3 Å². The van der Waals surface area contributed by atoms with Gasteiger partial charge in [0, 0.05) is 27.9 Å². The first kappa shape index (κ1) is 14.6. The number of ether oxygens (including phenoxy) is 1. The molecule has 2 aromatic rings. The van der Waals surface area contributed by atoms with E-state index in [0.29, 0.717) is 13.2 Å². The van der Waals surface area contributed by atoms with Crippen LogP contribution in [0.2, 0.25) is 0 Å². The van der Waals surface area contributed by atoms with E-state index in [2.05, 4.69) is 27.9 Å². The van der Waals surface area contributed by atoms with E-state index in [9.17, 15) is 10.1 Å². The molecule has 0 atom stereocenters. The second-order valence-electron chi connectivity index (χ2n) is 4.01. The van der Waals surface area contributed by atoms with Gasteiger partial charge in [-0.15, -0.1) is 0 Å². The molecule has 0 saturated carbocycles. The van der Waals surface area contributed by atoms with Crippen molar-refractivity contribution in [2.45, 2.75) is 0 Å². The van der Waals surface area contributed by atoms with Crippen molar-refractivity contribution in [2.75, 3.05) is 18.5 Å². The third kappa shape index (κ3) is 4.09. The molecule has 2 aromatic carbocycles. The lowest BCUT2D eigenvalue weighted by molar-refractivity contribution is -0.384. The molecule has 20 heavy (non-hydrogen) atoms. The Morgan fingerprint density at radius 2 is 1.95 bits per heavy atom. The summed E-state index contributed by atoms with van der Waals surface area (Å²) in [6.45, 7) is 1.15. The van der Waals surface area contributed by atoms with Crippen molar-refractivity contribution >= 4 is 34.0 Å². The third-order valence-corrected chi connectivity index (χ3v) is 3.49. The summed E-state index contributed by atoms with van der Waals surface area (Å²) in [5, 5.41) is 13.8. The quantitative estimate of drug-likeness (QED) is 0.357. The van der Waals surface area contributed by atoms with Crippen molar-refractivity contribution in [3.63, 3.8) is 0 Å². The van der Waals surface area contributed by atoms with Crippen LogP contribution in [0.5, 0.6) is 5.75 Å². The van der Waals surface area contributed by atoms with Crippen LogP contribution in [-0.4, -0.2) is 18.1 Å². The summed E-state index contributed by atoms with van der Waals surface area (Å²) in [5.41, 5.74) is 0.966. The number of nitro benzene ring substituents is 1. The number of nitro groups is 1. The van der Waals surface area contributed by atoms with Gasteiger partial charge >= 0.3 is 0 Å². The molecule has 0 aromatic heterocycles. The van der Waals surface area contributed by atoms with Crippen molar-refractivity contribution in [3.05, 3.63) is 62.2 Å². The van der Waals surface area contributed by atoms with Crippen molar-refractivity contribution in [1.82, 2.24) is 0 Å². The molecular formula is C14H13IN2O3. The number of non-ortho nitro benzene ring substituents is 1. The van der Waals surface area contributed by atoms with Crippen molar-refractivity contribution in [2.24, 2.45) is 0 Å². The summed E-state index contributed by atoms with van der Waals surface area (Å²) in [6.07, 6.45) is 0. The van der Waals surface area contributed by atoms with Gasteiger partial charge in [-0.05, 0) is 40.8 Å². The number of rotatable bonds is 6. The first-order chi connectivity index (χ1) is 9.66. The fourth-order valence-corrected chi connectivity index (χ4v) is 2.32. The van der Waals surface area contributed by atoms with E-state index >= 15 is 0 Å². The van der Waals surface area contributed by atoms with E-state index in [4.69, 9.17) is 4.74 Å². The van der Waals surface area contributed by atoms with Crippen LogP contribution < -0.4 is 10.1 Å². The standard InChI is InChI=1S/C14H13IN2O3/c15-13-10-11(17(18)19)6-7-14(13)16-8-9-20-12-4-2-1-3-5-12/h1-7,10,16H,8-9H2. The molecule has 0 saturated heterocycles. The molecular weight excluding hydrogens is 371 g/mol. The van der Waals surface area contributed by atoms with Gasteiger partial charge in [0.25, 0.3) is 5.69 Å². The predicted octanol–water partition coefficient (Wildman–Crippen LogP) is 3.69. The number of nitrogens with zero attached hydrogens (tertiary/aromatic N) is 1. The molecule has 104 valence electrons. The number of hydrogen-bond donors (Lipinski definition) is 1. The Balaban J connectivity index is 1.84. The zero-order valence-electron chi connectivity index (χ0n) is 10.6. The molecule has 6 heteroatoms. The SMILES string of the molecule is O=[N+]([O-])c1ccc(NCCOc2ccccc2)c(I)c1. The Labute approximate surface area is 130 Å². The molecule has 1 N–H and O–H groups in total. The van der Waals surface area contributed by atoms with Crippen LogP contribution in [0.25, 0.3) is 0 Å². The molecule has 0 radical (unpaired) electrons. The zero-order valence-corrected chi connectivity index (χ0v) is 12.7. The molecule has 5 nitrogen and oxygen atoms in total. The molecule has 0 spiro atoms. The molecule has 0 amide bonds.